The summed E-state index contributed by atoms with van der Waals surface area (Å²) in [6, 6.07) is 17.4. The lowest BCUT2D eigenvalue weighted by atomic mass is 9.87. The Labute approximate surface area is 163 Å². The maximum absolute atomic E-state index is 11.3. The molecule has 1 N–H and O–H groups in total. The maximum atomic E-state index is 11.3. The maximum Gasteiger partial charge on any atom is 0.101 e. The van der Waals surface area contributed by atoms with Crippen molar-refractivity contribution in [3.05, 3.63) is 59.7 Å². The molecule has 2 aliphatic rings. The SMILES string of the molecule is CCCCO[C@H]1CCC[C@H](N2c3ccccc3CCc3ccccc32)[C@H]1O. The number of aliphatic hydroxyl groups is 1. The molecule has 2 aromatic rings. The van der Waals surface area contributed by atoms with E-state index in [-0.39, 0.29) is 12.1 Å². The van der Waals surface area contributed by atoms with E-state index in [0.717, 1.165) is 51.6 Å². The van der Waals surface area contributed by atoms with Crippen molar-refractivity contribution in [1.29, 1.82) is 0 Å². The number of para-hydroxylation sites is 2. The van der Waals surface area contributed by atoms with E-state index in [1.165, 1.54) is 22.5 Å². The van der Waals surface area contributed by atoms with Gasteiger partial charge in [-0.25, -0.2) is 0 Å². The second-order valence-corrected chi connectivity index (χ2v) is 7.88. The van der Waals surface area contributed by atoms with Crippen LogP contribution in [-0.2, 0) is 17.6 Å². The number of benzene rings is 2. The zero-order valence-corrected chi connectivity index (χ0v) is 16.3. The van der Waals surface area contributed by atoms with E-state index in [2.05, 4.69) is 60.4 Å². The third kappa shape index (κ3) is 3.76. The topological polar surface area (TPSA) is 32.7 Å². The van der Waals surface area contributed by atoms with Crippen molar-refractivity contribution in [1.82, 2.24) is 0 Å². The van der Waals surface area contributed by atoms with Gasteiger partial charge in [-0.3, -0.25) is 0 Å². The molecule has 1 aliphatic carbocycles. The molecule has 4 rings (SSSR count). The fourth-order valence-electron chi connectivity index (χ4n) is 4.63. The molecule has 0 bridgehead atoms. The molecule has 27 heavy (non-hydrogen) atoms. The molecule has 1 heterocycles. The molecule has 3 atom stereocenters. The summed E-state index contributed by atoms with van der Waals surface area (Å²) in [5.74, 6) is 0. The van der Waals surface area contributed by atoms with Crippen molar-refractivity contribution < 1.29 is 9.84 Å². The van der Waals surface area contributed by atoms with E-state index in [1.807, 2.05) is 0 Å². The lowest BCUT2D eigenvalue weighted by Gasteiger charge is -2.43. The highest BCUT2D eigenvalue weighted by atomic mass is 16.5. The second-order valence-electron chi connectivity index (χ2n) is 7.88. The molecule has 3 heteroatoms. The van der Waals surface area contributed by atoms with E-state index < -0.39 is 6.10 Å². The van der Waals surface area contributed by atoms with Crippen molar-refractivity contribution in [3.8, 4) is 0 Å². The molecule has 0 saturated heterocycles. The van der Waals surface area contributed by atoms with Crippen LogP contribution in [0.25, 0.3) is 0 Å². The molecule has 1 aliphatic heterocycles. The standard InChI is InChI=1S/C24H31NO2/c1-2-3-17-27-23-14-8-13-22(24(23)26)25-20-11-6-4-9-18(20)15-16-19-10-5-7-12-21(19)25/h4-7,9-12,22-24,26H,2-3,8,13-17H2,1H3/t22-,23-,24+/m0/s1. The van der Waals surface area contributed by atoms with Gasteiger partial charge >= 0.3 is 0 Å². The summed E-state index contributed by atoms with van der Waals surface area (Å²) in [5, 5.41) is 11.3. The van der Waals surface area contributed by atoms with Crippen LogP contribution in [0.15, 0.2) is 48.5 Å². The molecule has 144 valence electrons. The van der Waals surface area contributed by atoms with Crippen LogP contribution < -0.4 is 4.90 Å². The van der Waals surface area contributed by atoms with Crippen LogP contribution in [0.4, 0.5) is 11.4 Å². The van der Waals surface area contributed by atoms with E-state index in [0.29, 0.717) is 0 Å². The molecule has 1 saturated carbocycles. The molecule has 1 fully saturated rings. The zero-order chi connectivity index (χ0) is 18.6. The second kappa shape index (κ2) is 8.45. The van der Waals surface area contributed by atoms with Gasteiger partial charge in [-0.05, 0) is 61.8 Å². The van der Waals surface area contributed by atoms with Gasteiger partial charge < -0.3 is 14.7 Å². The van der Waals surface area contributed by atoms with Crippen LogP contribution in [0.3, 0.4) is 0 Å². The minimum absolute atomic E-state index is 0.0575. The van der Waals surface area contributed by atoms with Crippen LogP contribution in [0.1, 0.15) is 50.2 Å². The van der Waals surface area contributed by atoms with E-state index in [9.17, 15) is 5.11 Å². The Balaban J connectivity index is 1.69. The van der Waals surface area contributed by atoms with Crippen molar-refractivity contribution >= 4 is 11.4 Å². The summed E-state index contributed by atoms with van der Waals surface area (Å²) >= 11 is 0. The number of anilines is 2. The van der Waals surface area contributed by atoms with Gasteiger partial charge in [0.05, 0.1) is 12.1 Å². The van der Waals surface area contributed by atoms with Gasteiger partial charge in [0, 0.05) is 18.0 Å². The van der Waals surface area contributed by atoms with Crippen LogP contribution >= 0.6 is 0 Å². The van der Waals surface area contributed by atoms with Gasteiger partial charge in [0.1, 0.15) is 6.10 Å². The number of hydrogen-bond donors (Lipinski definition) is 1. The molecule has 0 amide bonds. The number of aliphatic hydroxyl groups excluding tert-OH is 1. The summed E-state index contributed by atoms with van der Waals surface area (Å²) in [5.41, 5.74) is 5.24. The first-order valence-electron chi connectivity index (χ1n) is 10.5. The molecular weight excluding hydrogens is 334 g/mol. The monoisotopic (exact) mass is 365 g/mol. The van der Waals surface area contributed by atoms with E-state index in [1.54, 1.807) is 0 Å². The fraction of sp³-hybridized carbons (Fsp3) is 0.500. The number of aryl methyl sites for hydroxylation is 2. The van der Waals surface area contributed by atoms with Crippen molar-refractivity contribution in [2.75, 3.05) is 11.5 Å². The summed E-state index contributed by atoms with van der Waals surface area (Å²) in [7, 11) is 0. The van der Waals surface area contributed by atoms with Gasteiger partial charge in [0.2, 0.25) is 0 Å². The van der Waals surface area contributed by atoms with Crippen LogP contribution in [0.2, 0.25) is 0 Å². The Bertz CT molecular complexity index is 712. The fourth-order valence-corrected chi connectivity index (χ4v) is 4.63. The lowest BCUT2D eigenvalue weighted by molar-refractivity contribution is -0.0672. The van der Waals surface area contributed by atoms with Crippen molar-refractivity contribution in [2.24, 2.45) is 0 Å². The third-order valence-electron chi connectivity index (χ3n) is 6.09. The Morgan fingerprint density at radius 2 is 1.59 bits per heavy atom. The minimum Gasteiger partial charge on any atom is -0.388 e. The number of rotatable bonds is 5. The first kappa shape index (κ1) is 18.5. The lowest BCUT2D eigenvalue weighted by Crippen LogP contribution is -2.51. The summed E-state index contributed by atoms with van der Waals surface area (Å²) in [6.07, 6.45) is 6.80. The van der Waals surface area contributed by atoms with Gasteiger partial charge in [-0.2, -0.15) is 0 Å². The summed E-state index contributed by atoms with van der Waals surface area (Å²) in [6.45, 7) is 2.92. The van der Waals surface area contributed by atoms with Gasteiger partial charge in [0.15, 0.2) is 0 Å². The molecule has 3 nitrogen and oxygen atoms in total. The highest BCUT2D eigenvalue weighted by Crippen LogP contribution is 2.41. The number of hydrogen-bond acceptors (Lipinski definition) is 3. The number of nitrogens with zero attached hydrogens (tertiary/aromatic N) is 1. The Morgan fingerprint density at radius 3 is 2.22 bits per heavy atom. The summed E-state index contributed by atoms with van der Waals surface area (Å²) in [4.78, 5) is 2.41. The quantitative estimate of drug-likeness (QED) is 0.755. The molecular formula is C24H31NO2. The van der Waals surface area contributed by atoms with Crippen LogP contribution in [0.5, 0.6) is 0 Å². The van der Waals surface area contributed by atoms with E-state index in [4.69, 9.17) is 4.74 Å². The average Bonchev–Trinajstić information content (AvgIpc) is 2.87. The summed E-state index contributed by atoms with van der Waals surface area (Å²) < 4.78 is 6.09. The van der Waals surface area contributed by atoms with Crippen LogP contribution in [-0.4, -0.2) is 30.0 Å². The van der Waals surface area contributed by atoms with Crippen LogP contribution in [0, 0.1) is 0 Å². The van der Waals surface area contributed by atoms with Gasteiger partial charge in [-0.1, -0.05) is 49.7 Å². The average molecular weight is 366 g/mol. The largest absolute Gasteiger partial charge is 0.388 e. The molecule has 0 radical (unpaired) electrons. The normalized spacial score (nSPS) is 24.8. The molecule has 2 aromatic carbocycles. The molecule has 0 spiro atoms. The Hall–Kier alpha value is -1.84. The highest BCUT2D eigenvalue weighted by molar-refractivity contribution is 5.72. The smallest absolute Gasteiger partial charge is 0.101 e. The number of ether oxygens (including phenoxy) is 1. The third-order valence-corrected chi connectivity index (χ3v) is 6.09. The predicted octanol–water partition coefficient (Wildman–Crippen LogP) is 5.02. The van der Waals surface area contributed by atoms with Gasteiger partial charge in [-0.15, -0.1) is 0 Å². The minimum atomic E-state index is -0.463. The highest BCUT2D eigenvalue weighted by Gasteiger charge is 2.38. The molecule has 0 unspecified atom stereocenters. The van der Waals surface area contributed by atoms with Gasteiger partial charge in [0.25, 0.3) is 0 Å². The first-order chi connectivity index (χ1) is 13.3. The Morgan fingerprint density at radius 1 is 0.963 bits per heavy atom. The number of fused-ring (bicyclic) bond motifs is 2. The number of unbranched alkanes of at least 4 members (excludes halogenated alkanes) is 1. The zero-order valence-electron chi connectivity index (χ0n) is 16.3. The molecule has 0 aromatic heterocycles. The van der Waals surface area contributed by atoms with Crippen molar-refractivity contribution in [2.45, 2.75) is 70.1 Å². The van der Waals surface area contributed by atoms with Crippen molar-refractivity contribution in [3.63, 3.8) is 0 Å². The first-order valence-corrected chi connectivity index (χ1v) is 10.5. The van der Waals surface area contributed by atoms with E-state index >= 15 is 0 Å². The predicted molar refractivity (Wildman–Crippen MR) is 111 cm³/mol. The Kier molecular flexibility index (Phi) is 5.80.